The van der Waals surface area contributed by atoms with Gasteiger partial charge in [0.25, 0.3) is 0 Å². The molecule has 1 saturated carbocycles. The Bertz CT molecular complexity index is 566. The van der Waals surface area contributed by atoms with Gasteiger partial charge in [-0.1, -0.05) is 32.1 Å². The normalized spacial score (nSPS) is 16.6. The molecular weight excluding hydrogens is 288 g/mol. The van der Waals surface area contributed by atoms with Crippen LogP contribution in [0.25, 0.3) is 0 Å². The zero-order valence-corrected chi connectivity index (χ0v) is 13.3. The van der Waals surface area contributed by atoms with E-state index < -0.39 is 10.0 Å². The van der Waals surface area contributed by atoms with Crippen LogP contribution in [0.3, 0.4) is 0 Å². The molecule has 0 heterocycles. The number of nitrogen functional groups attached to an aromatic ring is 1. The van der Waals surface area contributed by atoms with E-state index in [2.05, 4.69) is 4.72 Å². The summed E-state index contributed by atoms with van der Waals surface area (Å²) in [5.74, 6) is 1.29. The van der Waals surface area contributed by atoms with Crippen LogP contribution in [0.1, 0.15) is 38.5 Å². The van der Waals surface area contributed by atoms with Crippen LogP contribution in [-0.4, -0.2) is 21.3 Å². The molecule has 0 spiro atoms. The molecule has 0 amide bonds. The first-order valence-corrected chi connectivity index (χ1v) is 9.33. The van der Waals surface area contributed by atoms with E-state index in [0.717, 1.165) is 18.6 Å². The molecule has 0 aromatic heterocycles. The van der Waals surface area contributed by atoms with Crippen molar-refractivity contribution in [3.05, 3.63) is 18.2 Å². The Balaban J connectivity index is 1.90. The highest BCUT2D eigenvalue weighted by Crippen LogP contribution is 2.29. The predicted molar refractivity (Wildman–Crippen MR) is 86.0 cm³/mol. The maximum absolute atomic E-state index is 11.2. The van der Waals surface area contributed by atoms with Crippen LogP contribution in [-0.2, 0) is 10.0 Å². The number of benzene rings is 1. The van der Waals surface area contributed by atoms with E-state index >= 15 is 0 Å². The Labute approximate surface area is 126 Å². The molecule has 1 aromatic carbocycles. The minimum Gasteiger partial charge on any atom is -0.491 e. The molecule has 118 valence electrons. The van der Waals surface area contributed by atoms with Gasteiger partial charge in [0.1, 0.15) is 5.75 Å². The number of hydrogen-bond acceptors (Lipinski definition) is 4. The largest absolute Gasteiger partial charge is 0.491 e. The van der Waals surface area contributed by atoms with Crippen molar-refractivity contribution < 1.29 is 13.2 Å². The third-order valence-corrected chi connectivity index (χ3v) is 4.43. The second kappa shape index (κ2) is 7.02. The number of rotatable bonds is 6. The highest BCUT2D eigenvalue weighted by molar-refractivity contribution is 7.92. The second-order valence-corrected chi connectivity index (χ2v) is 7.52. The summed E-state index contributed by atoms with van der Waals surface area (Å²) in [7, 11) is -3.29. The Morgan fingerprint density at radius 1 is 1.29 bits per heavy atom. The maximum atomic E-state index is 11.2. The van der Waals surface area contributed by atoms with Gasteiger partial charge in [0, 0.05) is 6.07 Å². The fourth-order valence-corrected chi connectivity index (χ4v) is 3.30. The standard InChI is InChI=1S/C15H24N2O3S/c1-21(18,19)17-13-7-8-14(16)15(11-13)20-10-9-12-5-3-2-4-6-12/h7-8,11-12,17H,2-6,9-10,16H2,1H3. The van der Waals surface area contributed by atoms with E-state index in [9.17, 15) is 8.42 Å². The van der Waals surface area contributed by atoms with Gasteiger partial charge in [-0.25, -0.2) is 8.42 Å². The molecular formula is C15H24N2O3S. The molecule has 0 bridgehead atoms. The molecule has 1 aliphatic carbocycles. The zero-order valence-electron chi connectivity index (χ0n) is 12.5. The van der Waals surface area contributed by atoms with Crippen molar-refractivity contribution in [2.45, 2.75) is 38.5 Å². The molecule has 0 aliphatic heterocycles. The van der Waals surface area contributed by atoms with Gasteiger partial charge < -0.3 is 10.5 Å². The predicted octanol–water partition coefficient (Wildman–Crippen LogP) is 2.99. The number of nitrogens with one attached hydrogen (secondary N) is 1. The minimum atomic E-state index is -3.29. The van der Waals surface area contributed by atoms with Crippen molar-refractivity contribution >= 4 is 21.4 Å². The summed E-state index contributed by atoms with van der Waals surface area (Å²) in [6.45, 7) is 0.622. The van der Waals surface area contributed by atoms with Crippen LogP contribution in [0.5, 0.6) is 5.75 Å². The summed E-state index contributed by atoms with van der Waals surface area (Å²) in [5, 5.41) is 0. The van der Waals surface area contributed by atoms with Gasteiger partial charge in [-0.3, -0.25) is 4.72 Å². The molecule has 1 aliphatic rings. The minimum absolute atomic E-state index is 0.472. The highest BCUT2D eigenvalue weighted by atomic mass is 32.2. The summed E-state index contributed by atoms with van der Waals surface area (Å²) >= 11 is 0. The Morgan fingerprint density at radius 3 is 2.67 bits per heavy atom. The first-order valence-electron chi connectivity index (χ1n) is 7.44. The highest BCUT2D eigenvalue weighted by Gasteiger charge is 2.13. The third kappa shape index (κ3) is 5.46. The van der Waals surface area contributed by atoms with Gasteiger partial charge in [0.05, 0.1) is 24.2 Å². The van der Waals surface area contributed by atoms with Crippen LogP contribution in [0.2, 0.25) is 0 Å². The fraction of sp³-hybridized carbons (Fsp3) is 0.600. The lowest BCUT2D eigenvalue weighted by molar-refractivity contribution is 0.247. The number of nitrogens with two attached hydrogens (primary N) is 1. The number of ether oxygens (including phenoxy) is 1. The van der Waals surface area contributed by atoms with Crippen molar-refractivity contribution in [1.29, 1.82) is 0 Å². The number of anilines is 2. The van der Waals surface area contributed by atoms with Crippen LogP contribution in [0.15, 0.2) is 18.2 Å². The molecule has 0 saturated heterocycles. The summed E-state index contributed by atoms with van der Waals surface area (Å²) in [6.07, 6.45) is 8.71. The maximum Gasteiger partial charge on any atom is 0.229 e. The quantitative estimate of drug-likeness (QED) is 0.791. The molecule has 1 aromatic rings. The second-order valence-electron chi connectivity index (χ2n) is 5.77. The lowest BCUT2D eigenvalue weighted by Crippen LogP contribution is -2.12. The molecule has 0 radical (unpaired) electrons. The van der Waals surface area contributed by atoms with E-state index in [-0.39, 0.29) is 0 Å². The fourth-order valence-electron chi connectivity index (χ4n) is 2.75. The smallest absolute Gasteiger partial charge is 0.229 e. The number of sulfonamides is 1. The lowest BCUT2D eigenvalue weighted by atomic mass is 9.87. The monoisotopic (exact) mass is 312 g/mol. The Kier molecular flexibility index (Phi) is 5.33. The van der Waals surface area contributed by atoms with Gasteiger partial charge in [-0.05, 0) is 24.5 Å². The van der Waals surface area contributed by atoms with E-state index in [1.807, 2.05) is 0 Å². The molecule has 21 heavy (non-hydrogen) atoms. The van der Waals surface area contributed by atoms with Gasteiger partial charge in [0.15, 0.2) is 0 Å². The lowest BCUT2D eigenvalue weighted by Gasteiger charge is -2.21. The van der Waals surface area contributed by atoms with Gasteiger partial charge in [-0.2, -0.15) is 0 Å². The zero-order chi connectivity index (χ0) is 15.3. The van der Waals surface area contributed by atoms with Crippen molar-refractivity contribution in [2.75, 3.05) is 23.3 Å². The van der Waals surface area contributed by atoms with Crippen LogP contribution >= 0.6 is 0 Å². The first-order chi connectivity index (χ1) is 9.94. The van der Waals surface area contributed by atoms with Crippen molar-refractivity contribution in [3.8, 4) is 5.75 Å². The average Bonchev–Trinajstić information content (AvgIpc) is 2.42. The third-order valence-electron chi connectivity index (χ3n) is 3.83. The Morgan fingerprint density at radius 2 is 2.00 bits per heavy atom. The molecule has 2 rings (SSSR count). The van der Waals surface area contributed by atoms with E-state index in [4.69, 9.17) is 10.5 Å². The Hall–Kier alpha value is -1.43. The summed E-state index contributed by atoms with van der Waals surface area (Å²) < 4.78 is 30.6. The van der Waals surface area contributed by atoms with E-state index in [1.165, 1.54) is 32.1 Å². The summed E-state index contributed by atoms with van der Waals surface area (Å²) in [5.41, 5.74) is 6.87. The molecule has 6 heteroatoms. The van der Waals surface area contributed by atoms with E-state index in [1.54, 1.807) is 18.2 Å². The first kappa shape index (κ1) is 15.9. The molecule has 3 N–H and O–H groups in total. The summed E-state index contributed by atoms with van der Waals surface area (Å²) in [4.78, 5) is 0. The van der Waals surface area contributed by atoms with Gasteiger partial charge in [0.2, 0.25) is 10.0 Å². The summed E-state index contributed by atoms with van der Waals surface area (Å²) in [6, 6.07) is 4.92. The van der Waals surface area contributed by atoms with Gasteiger partial charge >= 0.3 is 0 Å². The van der Waals surface area contributed by atoms with Crippen molar-refractivity contribution in [2.24, 2.45) is 5.92 Å². The van der Waals surface area contributed by atoms with Crippen LogP contribution < -0.4 is 15.2 Å². The topological polar surface area (TPSA) is 81.4 Å². The molecule has 5 nitrogen and oxygen atoms in total. The average molecular weight is 312 g/mol. The van der Waals surface area contributed by atoms with Crippen molar-refractivity contribution in [1.82, 2.24) is 0 Å². The SMILES string of the molecule is CS(=O)(=O)Nc1ccc(N)c(OCCC2CCCCC2)c1. The van der Waals surface area contributed by atoms with Crippen molar-refractivity contribution in [3.63, 3.8) is 0 Å². The molecule has 0 unspecified atom stereocenters. The van der Waals surface area contributed by atoms with E-state index in [0.29, 0.717) is 23.7 Å². The van der Waals surface area contributed by atoms with Crippen LogP contribution in [0, 0.1) is 5.92 Å². The molecule has 1 fully saturated rings. The van der Waals surface area contributed by atoms with Gasteiger partial charge in [-0.15, -0.1) is 0 Å². The van der Waals surface area contributed by atoms with Crippen LogP contribution in [0.4, 0.5) is 11.4 Å². The number of hydrogen-bond donors (Lipinski definition) is 2. The molecule has 0 atom stereocenters.